The molecule has 1 aromatic carbocycles. The number of carbonyl (C=O) groups excluding carboxylic acids is 1. The van der Waals surface area contributed by atoms with Crippen molar-refractivity contribution in [1.29, 1.82) is 0 Å². The monoisotopic (exact) mass is 338 g/mol. The number of quaternary nitrogens is 1. The van der Waals surface area contributed by atoms with E-state index in [9.17, 15) is 4.79 Å². The number of hydrogen-bond acceptors (Lipinski definition) is 3. The molecule has 0 saturated heterocycles. The Morgan fingerprint density at radius 3 is 1.87 bits per heavy atom. The second-order valence-electron chi connectivity index (χ2n) is 5.24. The van der Waals surface area contributed by atoms with Crippen LogP contribution in [0.25, 0.3) is 0 Å². The first-order valence-corrected chi connectivity index (χ1v) is 6.95. The molecule has 1 radical (unpaired) electrons. The van der Waals surface area contributed by atoms with Gasteiger partial charge in [0.2, 0.25) is 0 Å². The fourth-order valence-electron chi connectivity index (χ4n) is 1.18. The summed E-state index contributed by atoms with van der Waals surface area (Å²) >= 11 is 0. The van der Waals surface area contributed by atoms with Crippen LogP contribution >= 0.6 is 0 Å². The van der Waals surface area contributed by atoms with Crippen molar-refractivity contribution in [3.8, 4) is 0 Å². The van der Waals surface area contributed by atoms with Crippen LogP contribution in [0.4, 0.5) is 0 Å². The predicted octanol–water partition coefficient (Wildman–Crippen LogP) is -1.92. The second kappa shape index (κ2) is 19.3. The molecule has 2 N–H and O–H groups in total. The van der Waals surface area contributed by atoms with Crippen molar-refractivity contribution in [3.05, 3.63) is 48.0 Å². The van der Waals surface area contributed by atoms with Gasteiger partial charge in [0.05, 0.1) is 21.2 Å². The van der Waals surface area contributed by atoms with E-state index in [1.165, 1.54) is 17.6 Å². The Morgan fingerprint density at radius 2 is 1.65 bits per heavy atom. The van der Waals surface area contributed by atoms with E-state index >= 15 is 0 Å². The van der Waals surface area contributed by atoms with Gasteiger partial charge < -0.3 is 27.2 Å². The molecule has 0 aliphatic rings. The molecule has 0 heterocycles. The molecule has 23 heavy (non-hydrogen) atoms. The van der Waals surface area contributed by atoms with Crippen LogP contribution < -0.4 is 17.3 Å². The second-order valence-corrected chi connectivity index (χ2v) is 5.24. The summed E-state index contributed by atoms with van der Waals surface area (Å²) in [5.41, 5.74) is 1.84. The Labute approximate surface area is 159 Å². The van der Waals surface area contributed by atoms with Crippen LogP contribution in [0.15, 0.2) is 42.5 Å². The standard InChI is InChI=1S/C9H13N.C5H8O2.C3H8O.ClH.Li/c1-10(2)8-9-6-4-3-5-7-9;1-4(2)5(6)7-3;1-3(2)4;;/h3-7H,8H2,1-2H3;1H2,2-3H3;3-4H,1-2H3;1H;. The van der Waals surface area contributed by atoms with E-state index in [-0.39, 0.29) is 43.3 Å². The minimum atomic E-state index is -0.347. The minimum Gasteiger partial charge on any atom is -1.00 e. The molecule has 0 aliphatic carbocycles. The molecular formula is C17H30ClLiNO3. The van der Waals surface area contributed by atoms with Crippen LogP contribution in [0.5, 0.6) is 0 Å². The van der Waals surface area contributed by atoms with Crippen molar-refractivity contribution in [2.24, 2.45) is 0 Å². The molecule has 0 fully saturated rings. The van der Waals surface area contributed by atoms with Gasteiger partial charge in [-0.2, -0.15) is 0 Å². The van der Waals surface area contributed by atoms with E-state index < -0.39 is 0 Å². The third kappa shape index (κ3) is 26.5. The topological polar surface area (TPSA) is 51.0 Å². The van der Waals surface area contributed by atoms with E-state index in [1.807, 2.05) is 0 Å². The zero-order chi connectivity index (χ0) is 16.8. The van der Waals surface area contributed by atoms with Gasteiger partial charge in [0, 0.05) is 36.1 Å². The minimum absolute atomic E-state index is 0. The van der Waals surface area contributed by atoms with Crippen molar-refractivity contribution in [1.82, 2.24) is 0 Å². The number of halogens is 1. The molecule has 0 aromatic heterocycles. The van der Waals surface area contributed by atoms with Crippen molar-refractivity contribution in [2.75, 3.05) is 21.2 Å². The number of ether oxygens (including phenoxy) is 1. The van der Waals surface area contributed by atoms with Crippen LogP contribution in [0.1, 0.15) is 26.3 Å². The molecule has 0 spiro atoms. The van der Waals surface area contributed by atoms with Gasteiger partial charge in [-0.3, -0.25) is 0 Å². The molecule has 1 rings (SSSR count). The summed E-state index contributed by atoms with van der Waals surface area (Å²) in [4.78, 5) is 11.7. The fraction of sp³-hybridized carbons (Fsp3) is 0.471. The van der Waals surface area contributed by atoms with Crippen LogP contribution in [-0.4, -0.2) is 57.2 Å². The van der Waals surface area contributed by atoms with Crippen molar-refractivity contribution in [2.45, 2.75) is 33.4 Å². The van der Waals surface area contributed by atoms with E-state index in [0.717, 1.165) is 6.54 Å². The maximum Gasteiger partial charge on any atom is 0.332 e. The SMILES string of the molecule is C=C(C)C(=O)OC.CC(C)O.C[NH+](C)Cc1ccccc1.[Cl-].[Li]. The number of aliphatic hydroxyl groups excluding tert-OH is 1. The summed E-state index contributed by atoms with van der Waals surface area (Å²) in [6.07, 6.45) is -0.167. The first kappa shape index (κ1) is 30.2. The van der Waals surface area contributed by atoms with Crippen molar-refractivity contribution < 1.29 is 31.9 Å². The average Bonchev–Trinajstić information content (AvgIpc) is 2.38. The summed E-state index contributed by atoms with van der Waals surface area (Å²) in [5, 5.41) is 8.06. The van der Waals surface area contributed by atoms with Gasteiger partial charge >= 0.3 is 5.97 Å². The van der Waals surface area contributed by atoms with E-state index in [2.05, 4.69) is 55.7 Å². The first-order chi connectivity index (χ1) is 9.70. The molecule has 0 atom stereocenters. The molecule has 0 saturated carbocycles. The predicted molar refractivity (Wildman–Crippen MR) is 92.9 cm³/mol. The van der Waals surface area contributed by atoms with Crippen molar-refractivity contribution in [3.63, 3.8) is 0 Å². The summed E-state index contributed by atoms with van der Waals surface area (Å²) < 4.78 is 4.27. The summed E-state index contributed by atoms with van der Waals surface area (Å²) in [5.74, 6) is -0.347. The molecule has 1 aromatic rings. The normalized spacial score (nSPS) is 8.39. The average molecular weight is 339 g/mol. The van der Waals surface area contributed by atoms with Gasteiger partial charge in [0.15, 0.2) is 0 Å². The van der Waals surface area contributed by atoms with Crippen LogP contribution in [0.2, 0.25) is 0 Å². The van der Waals surface area contributed by atoms with Gasteiger partial charge in [-0.15, -0.1) is 0 Å². The Hall–Kier alpha value is -0.763. The third-order valence-corrected chi connectivity index (χ3v) is 1.93. The van der Waals surface area contributed by atoms with E-state index in [4.69, 9.17) is 5.11 Å². The Bertz CT molecular complexity index is 395. The number of benzene rings is 1. The fourth-order valence-corrected chi connectivity index (χ4v) is 1.18. The van der Waals surface area contributed by atoms with Crippen LogP contribution in [0.3, 0.4) is 0 Å². The summed E-state index contributed by atoms with van der Waals surface area (Å²) in [6.45, 7) is 9.51. The molecule has 129 valence electrons. The Morgan fingerprint density at radius 1 is 1.26 bits per heavy atom. The van der Waals surface area contributed by atoms with Crippen molar-refractivity contribution >= 4 is 24.8 Å². The van der Waals surface area contributed by atoms with E-state index in [1.54, 1.807) is 20.8 Å². The Balaban J connectivity index is -0.000000124. The van der Waals surface area contributed by atoms with Crippen LogP contribution in [0, 0.1) is 0 Å². The molecule has 0 unspecified atom stereocenters. The molecule has 6 heteroatoms. The molecule has 4 nitrogen and oxygen atoms in total. The molecule has 0 amide bonds. The quantitative estimate of drug-likeness (QED) is 0.384. The summed E-state index contributed by atoms with van der Waals surface area (Å²) in [7, 11) is 5.65. The van der Waals surface area contributed by atoms with Gasteiger partial charge in [0.1, 0.15) is 6.54 Å². The first-order valence-electron chi connectivity index (χ1n) is 6.95. The summed E-state index contributed by atoms with van der Waals surface area (Å²) in [6, 6.07) is 10.5. The smallest absolute Gasteiger partial charge is 0.332 e. The van der Waals surface area contributed by atoms with Gasteiger partial charge in [-0.25, -0.2) is 4.79 Å². The third-order valence-electron chi connectivity index (χ3n) is 1.93. The number of methoxy groups -OCH3 is 1. The zero-order valence-corrected chi connectivity index (χ0v) is 16.3. The number of aliphatic hydroxyl groups is 1. The molecular weight excluding hydrogens is 309 g/mol. The number of esters is 1. The van der Waals surface area contributed by atoms with Gasteiger partial charge in [-0.1, -0.05) is 36.9 Å². The zero-order valence-electron chi connectivity index (χ0n) is 15.5. The largest absolute Gasteiger partial charge is 1.00 e. The number of rotatable bonds is 3. The number of carbonyl (C=O) groups is 1. The molecule has 0 aliphatic heterocycles. The number of hydrogen-bond donors (Lipinski definition) is 2. The molecule has 0 bridgehead atoms. The van der Waals surface area contributed by atoms with E-state index in [0.29, 0.717) is 5.57 Å². The number of nitrogens with one attached hydrogen (secondary N) is 1. The Kier molecular flexibility index (Phi) is 25.3. The van der Waals surface area contributed by atoms with Gasteiger partial charge in [-0.05, 0) is 20.8 Å². The van der Waals surface area contributed by atoms with Gasteiger partial charge in [0.25, 0.3) is 0 Å². The van der Waals surface area contributed by atoms with Crippen LogP contribution in [-0.2, 0) is 16.1 Å². The maximum absolute atomic E-state index is 10.2. The maximum atomic E-state index is 10.2.